The van der Waals surface area contributed by atoms with Crippen molar-refractivity contribution >= 4 is 27.5 Å². The van der Waals surface area contributed by atoms with Crippen LogP contribution in [0.2, 0.25) is 0 Å². The van der Waals surface area contributed by atoms with Crippen molar-refractivity contribution in [3.8, 4) is 5.75 Å². The Morgan fingerprint density at radius 1 is 0.900 bits per heavy atom. The molecule has 9 heteroatoms. The lowest BCUT2D eigenvalue weighted by Gasteiger charge is -2.32. The molecule has 3 aromatic rings. The Labute approximate surface area is 238 Å². The Morgan fingerprint density at radius 2 is 1.52 bits per heavy atom. The Balaban J connectivity index is 1.98. The van der Waals surface area contributed by atoms with E-state index in [1.54, 1.807) is 56.5 Å². The zero-order valence-electron chi connectivity index (χ0n) is 23.7. The molecule has 0 fully saturated rings. The molecule has 2 amide bonds. The highest BCUT2D eigenvalue weighted by molar-refractivity contribution is 7.92. The normalized spacial score (nSPS) is 11.9. The van der Waals surface area contributed by atoms with Crippen LogP contribution in [0.5, 0.6) is 5.75 Å². The van der Waals surface area contributed by atoms with Crippen LogP contribution < -0.4 is 14.4 Å². The predicted molar refractivity (Wildman–Crippen MR) is 158 cm³/mol. The number of carbonyl (C=O) groups excluding carboxylic acids is 2. The van der Waals surface area contributed by atoms with Gasteiger partial charge in [0.1, 0.15) is 18.3 Å². The average molecular weight is 566 g/mol. The molecule has 3 aromatic carbocycles. The van der Waals surface area contributed by atoms with E-state index in [1.807, 2.05) is 38.1 Å². The van der Waals surface area contributed by atoms with Gasteiger partial charge in [-0.15, -0.1) is 0 Å². The monoisotopic (exact) mass is 565 g/mol. The largest absolute Gasteiger partial charge is 0.497 e. The van der Waals surface area contributed by atoms with Crippen molar-refractivity contribution in [1.82, 2.24) is 10.2 Å². The number of nitrogens with one attached hydrogen (secondary N) is 1. The molecule has 0 radical (unpaired) electrons. The molecule has 0 aliphatic heterocycles. The summed E-state index contributed by atoms with van der Waals surface area (Å²) in [7, 11) is -2.51. The molecule has 8 nitrogen and oxygen atoms in total. The van der Waals surface area contributed by atoms with Crippen molar-refractivity contribution in [2.75, 3.05) is 24.5 Å². The van der Waals surface area contributed by atoms with Gasteiger partial charge in [0.05, 0.1) is 17.7 Å². The Hall–Kier alpha value is -3.85. The summed E-state index contributed by atoms with van der Waals surface area (Å²) in [6.45, 7) is 5.87. The number of hydrogen-bond donors (Lipinski definition) is 1. The van der Waals surface area contributed by atoms with Crippen LogP contribution in [0.15, 0.2) is 83.8 Å². The van der Waals surface area contributed by atoms with Crippen molar-refractivity contribution in [2.24, 2.45) is 0 Å². The third kappa shape index (κ3) is 7.85. The summed E-state index contributed by atoms with van der Waals surface area (Å²) >= 11 is 0. The van der Waals surface area contributed by atoms with Crippen LogP contribution in [-0.4, -0.2) is 51.4 Å². The second kappa shape index (κ2) is 14.5. The minimum atomic E-state index is -4.08. The minimum Gasteiger partial charge on any atom is -0.497 e. The van der Waals surface area contributed by atoms with Gasteiger partial charge >= 0.3 is 0 Å². The number of anilines is 1. The van der Waals surface area contributed by atoms with Crippen molar-refractivity contribution in [1.29, 1.82) is 0 Å². The fourth-order valence-electron chi connectivity index (χ4n) is 4.19. The van der Waals surface area contributed by atoms with Gasteiger partial charge in [-0.3, -0.25) is 13.9 Å². The Kier molecular flexibility index (Phi) is 11.1. The maximum Gasteiger partial charge on any atom is 0.264 e. The van der Waals surface area contributed by atoms with Crippen LogP contribution in [-0.2, 0) is 32.6 Å². The minimum absolute atomic E-state index is 0.0782. The van der Waals surface area contributed by atoms with E-state index in [2.05, 4.69) is 5.32 Å². The first-order chi connectivity index (χ1) is 19.2. The van der Waals surface area contributed by atoms with Gasteiger partial charge in [-0.2, -0.15) is 0 Å². The van der Waals surface area contributed by atoms with E-state index in [1.165, 1.54) is 17.0 Å². The molecule has 214 valence electrons. The number of hydrogen-bond acceptors (Lipinski definition) is 5. The van der Waals surface area contributed by atoms with Gasteiger partial charge < -0.3 is 15.0 Å². The molecule has 40 heavy (non-hydrogen) atoms. The van der Waals surface area contributed by atoms with Gasteiger partial charge in [-0.05, 0) is 67.3 Å². The number of carbonyl (C=O) groups is 2. The molecule has 0 aliphatic rings. The molecule has 0 spiro atoms. The van der Waals surface area contributed by atoms with Crippen molar-refractivity contribution in [3.63, 3.8) is 0 Å². The molecule has 0 unspecified atom stereocenters. The Bertz CT molecular complexity index is 1340. The number of amides is 2. The molecule has 0 saturated carbocycles. The van der Waals surface area contributed by atoms with Crippen LogP contribution in [0.4, 0.5) is 5.69 Å². The van der Waals surface area contributed by atoms with E-state index in [4.69, 9.17) is 4.74 Å². The second-order valence-corrected chi connectivity index (χ2v) is 11.4. The van der Waals surface area contributed by atoms with Gasteiger partial charge in [0, 0.05) is 13.1 Å². The molecular formula is C31H39N3O5S. The highest BCUT2D eigenvalue weighted by Gasteiger charge is 2.32. The van der Waals surface area contributed by atoms with Crippen LogP contribution >= 0.6 is 0 Å². The van der Waals surface area contributed by atoms with E-state index in [-0.39, 0.29) is 17.3 Å². The fourth-order valence-corrected chi connectivity index (χ4v) is 5.63. The van der Waals surface area contributed by atoms with Gasteiger partial charge in [0.25, 0.3) is 10.0 Å². The van der Waals surface area contributed by atoms with E-state index in [0.29, 0.717) is 18.0 Å². The van der Waals surface area contributed by atoms with E-state index in [0.717, 1.165) is 34.7 Å². The number of methoxy groups -OCH3 is 1. The first kappa shape index (κ1) is 30.7. The fraction of sp³-hybridized carbons (Fsp3) is 0.355. The van der Waals surface area contributed by atoms with Gasteiger partial charge in [-0.1, -0.05) is 62.7 Å². The molecule has 0 saturated heterocycles. The third-order valence-electron chi connectivity index (χ3n) is 6.75. The summed E-state index contributed by atoms with van der Waals surface area (Å²) < 4.78 is 34.0. The summed E-state index contributed by atoms with van der Waals surface area (Å²) in [5.74, 6) is -0.115. The quantitative estimate of drug-likeness (QED) is 0.284. The van der Waals surface area contributed by atoms with E-state index >= 15 is 0 Å². The molecule has 3 rings (SSSR count). The van der Waals surface area contributed by atoms with Crippen LogP contribution in [0, 0.1) is 0 Å². The zero-order chi connectivity index (χ0) is 29.1. The first-order valence-corrected chi connectivity index (χ1v) is 15.0. The predicted octanol–water partition coefficient (Wildman–Crippen LogP) is 4.79. The topological polar surface area (TPSA) is 96.0 Å². The lowest BCUT2D eigenvalue weighted by Crippen LogP contribution is -2.51. The van der Waals surface area contributed by atoms with Crippen LogP contribution in [0.1, 0.15) is 44.7 Å². The summed E-state index contributed by atoms with van der Waals surface area (Å²) in [5.41, 5.74) is 2.21. The highest BCUT2D eigenvalue weighted by Crippen LogP contribution is 2.25. The van der Waals surface area contributed by atoms with Gasteiger partial charge in [-0.25, -0.2) is 8.42 Å². The van der Waals surface area contributed by atoms with Crippen molar-refractivity contribution in [2.45, 2.75) is 57.5 Å². The number of unbranched alkanes of at least 4 members (excludes halogenated alkanes) is 1. The van der Waals surface area contributed by atoms with E-state index < -0.39 is 28.5 Å². The lowest BCUT2D eigenvalue weighted by molar-refractivity contribution is -0.139. The average Bonchev–Trinajstić information content (AvgIpc) is 2.99. The molecular weight excluding hydrogens is 526 g/mol. The van der Waals surface area contributed by atoms with Gasteiger partial charge in [0.2, 0.25) is 11.8 Å². The number of sulfonamides is 1. The highest BCUT2D eigenvalue weighted by atomic mass is 32.2. The molecule has 0 heterocycles. The second-order valence-electron chi connectivity index (χ2n) is 9.54. The maximum absolute atomic E-state index is 13.9. The van der Waals surface area contributed by atoms with Crippen molar-refractivity contribution in [3.05, 3.63) is 90.0 Å². The van der Waals surface area contributed by atoms with E-state index in [9.17, 15) is 18.0 Å². The number of rotatable bonds is 14. The third-order valence-corrected chi connectivity index (χ3v) is 8.54. The summed E-state index contributed by atoms with van der Waals surface area (Å²) in [6, 6.07) is 21.6. The lowest BCUT2D eigenvalue weighted by atomic mass is 10.1. The first-order valence-electron chi connectivity index (χ1n) is 13.6. The van der Waals surface area contributed by atoms with Gasteiger partial charge in [0.15, 0.2) is 0 Å². The molecule has 0 bridgehead atoms. The maximum atomic E-state index is 13.9. The summed E-state index contributed by atoms with van der Waals surface area (Å²) in [5, 5.41) is 2.89. The summed E-state index contributed by atoms with van der Waals surface area (Å²) in [4.78, 5) is 28.5. The van der Waals surface area contributed by atoms with Crippen LogP contribution in [0.25, 0.3) is 0 Å². The Morgan fingerprint density at radius 3 is 2.10 bits per heavy atom. The number of benzene rings is 3. The molecule has 1 N–H and O–H groups in total. The number of aryl methyl sites for hydroxylation is 1. The number of nitrogens with zero attached hydrogens (tertiary/aromatic N) is 2. The molecule has 0 aliphatic carbocycles. The molecule has 0 aromatic heterocycles. The summed E-state index contributed by atoms with van der Waals surface area (Å²) in [6.07, 6.45) is 2.54. The standard InChI is InChI=1S/C31H39N3O5S/c1-5-7-21-32-31(36)24(3)33(22-26-15-19-28(39-4)20-16-26)30(35)23-34(27-17-13-25(6-2)14-18-27)40(37,38)29-11-9-8-10-12-29/h8-20,24H,5-7,21-23H2,1-4H3,(H,32,36)/t24-/m0/s1. The smallest absolute Gasteiger partial charge is 0.264 e. The SMILES string of the molecule is CCCCNC(=O)[C@H](C)N(Cc1ccc(OC)cc1)C(=O)CN(c1ccc(CC)cc1)S(=O)(=O)c1ccccc1. The zero-order valence-corrected chi connectivity index (χ0v) is 24.5. The number of ether oxygens (including phenoxy) is 1. The van der Waals surface area contributed by atoms with Crippen molar-refractivity contribution < 1.29 is 22.7 Å². The molecule has 1 atom stereocenters. The van der Waals surface area contributed by atoms with Crippen LogP contribution in [0.3, 0.4) is 0 Å².